The van der Waals surface area contributed by atoms with Crippen molar-refractivity contribution in [3.63, 3.8) is 0 Å². The molecular weight excluding hydrogens is 286 g/mol. The molecule has 0 amide bonds. The van der Waals surface area contributed by atoms with Crippen molar-refractivity contribution in [1.29, 1.82) is 0 Å². The van der Waals surface area contributed by atoms with E-state index >= 15 is 0 Å². The van der Waals surface area contributed by atoms with Crippen LogP contribution in [-0.4, -0.2) is 29.7 Å². The molecule has 0 spiro atoms. The second-order valence-corrected chi connectivity index (χ2v) is 5.98. The summed E-state index contributed by atoms with van der Waals surface area (Å²) in [5.41, 5.74) is 3.43. The monoisotopic (exact) mass is 305 g/mol. The van der Waals surface area contributed by atoms with Crippen LogP contribution in [0.2, 0.25) is 5.02 Å². The van der Waals surface area contributed by atoms with Gasteiger partial charge in [0.05, 0.1) is 5.69 Å². The van der Waals surface area contributed by atoms with Gasteiger partial charge in [-0.3, -0.25) is 4.90 Å². The molecule has 3 rings (SSSR count). The largest absolute Gasteiger partial charge is 0.361 e. The molecule has 1 saturated heterocycles. The van der Waals surface area contributed by atoms with Gasteiger partial charge in [-0.1, -0.05) is 28.9 Å². The summed E-state index contributed by atoms with van der Waals surface area (Å²) in [5, 5.41) is 8.31. The lowest BCUT2D eigenvalue weighted by molar-refractivity contribution is 0.153. The molecule has 1 N–H and O–H groups in total. The number of nitrogens with one attached hydrogen (secondary N) is 1. The third kappa shape index (κ3) is 3.12. The Balaban J connectivity index is 1.85. The molecule has 0 bridgehead atoms. The van der Waals surface area contributed by atoms with E-state index in [1.807, 2.05) is 26.0 Å². The first-order valence-electron chi connectivity index (χ1n) is 7.27. The maximum absolute atomic E-state index is 6.14. The highest BCUT2D eigenvalue weighted by molar-refractivity contribution is 6.30. The van der Waals surface area contributed by atoms with Crippen LogP contribution in [0.25, 0.3) is 0 Å². The molecule has 112 valence electrons. The lowest BCUT2D eigenvalue weighted by atomic mass is 10.0. The second-order valence-electron chi connectivity index (χ2n) is 5.55. The third-order valence-corrected chi connectivity index (χ3v) is 4.37. The fraction of sp³-hybridized carbons (Fsp3) is 0.438. The van der Waals surface area contributed by atoms with Gasteiger partial charge in [-0.05, 0) is 31.5 Å². The van der Waals surface area contributed by atoms with Crippen molar-refractivity contribution >= 4 is 11.6 Å². The Bertz CT molecular complexity index is 606. The lowest BCUT2D eigenvalue weighted by Crippen LogP contribution is -2.45. The van der Waals surface area contributed by atoms with Gasteiger partial charge in [0, 0.05) is 42.8 Å². The molecule has 2 aromatic rings. The number of halogens is 1. The van der Waals surface area contributed by atoms with Crippen molar-refractivity contribution in [3.8, 4) is 0 Å². The minimum absolute atomic E-state index is 0.325. The van der Waals surface area contributed by atoms with Crippen LogP contribution in [0.1, 0.15) is 28.6 Å². The summed E-state index contributed by atoms with van der Waals surface area (Å²) in [6, 6.07) is 8.45. The predicted molar refractivity (Wildman–Crippen MR) is 83.4 cm³/mol. The average molecular weight is 306 g/mol. The average Bonchev–Trinajstić information content (AvgIpc) is 2.80. The molecule has 1 unspecified atom stereocenters. The Morgan fingerprint density at radius 3 is 3.00 bits per heavy atom. The minimum atomic E-state index is 0.325. The fourth-order valence-electron chi connectivity index (χ4n) is 2.91. The highest BCUT2D eigenvalue weighted by Crippen LogP contribution is 2.27. The van der Waals surface area contributed by atoms with Gasteiger partial charge in [-0.15, -0.1) is 0 Å². The van der Waals surface area contributed by atoms with E-state index in [1.165, 1.54) is 11.1 Å². The van der Waals surface area contributed by atoms with E-state index < -0.39 is 0 Å². The molecular formula is C16H20ClN3O. The molecule has 1 atom stereocenters. The van der Waals surface area contributed by atoms with E-state index in [9.17, 15) is 0 Å². The Hall–Kier alpha value is -1.36. The lowest BCUT2D eigenvalue weighted by Gasteiger charge is -2.36. The van der Waals surface area contributed by atoms with Gasteiger partial charge in [0.1, 0.15) is 5.76 Å². The first-order valence-corrected chi connectivity index (χ1v) is 7.65. The Kier molecular flexibility index (Phi) is 4.29. The molecule has 4 nitrogen and oxygen atoms in total. The van der Waals surface area contributed by atoms with Gasteiger partial charge in [0.25, 0.3) is 0 Å². The van der Waals surface area contributed by atoms with E-state index in [4.69, 9.17) is 16.1 Å². The quantitative estimate of drug-likeness (QED) is 0.946. The molecule has 1 aliphatic heterocycles. The van der Waals surface area contributed by atoms with E-state index in [2.05, 4.69) is 27.5 Å². The zero-order valence-corrected chi connectivity index (χ0v) is 13.2. The van der Waals surface area contributed by atoms with Crippen molar-refractivity contribution in [2.75, 3.05) is 19.6 Å². The van der Waals surface area contributed by atoms with Gasteiger partial charge in [0.15, 0.2) is 0 Å². The van der Waals surface area contributed by atoms with E-state index in [-0.39, 0.29) is 0 Å². The zero-order chi connectivity index (χ0) is 14.8. The molecule has 0 aliphatic carbocycles. The van der Waals surface area contributed by atoms with Gasteiger partial charge in [-0.2, -0.15) is 0 Å². The van der Waals surface area contributed by atoms with Crippen LogP contribution in [-0.2, 0) is 6.54 Å². The summed E-state index contributed by atoms with van der Waals surface area (Å²) >= 11 is 6.14. The van der Waals surface area contributed by atoms with Crippen LogP contribution in [0.4, 0.5) is 0 Å². The minimum Gasteiger partial charge on any atom is -0.361 e. The van der Waals surface area contributed by atoms with Gasteiger partial charge in [0.2, 0.25) is 0 Å². The third-order valence-electron chi connectivity index (χ3n) is 4.13. The highest BCUT2D eigenvalue weighted by atomic mass is 35.5. The summed E-state index contributed by atoms with van der Waals surface area (Å²) in [7, 11) is 0. The Labute approximate surface area is 130 Å². The van der Waals surface area contributed by atoms with Gasteiger partial charge < -0.3 is 9.84 Å². The molecule has 1 fully saturated rings. The molecule has 1 aromatic carbocycles. The van der Waals surface area contributed by atoms with Crippen LogP contribution >= 0.6 is 11.6 Å². The SMILES string of the molecule is Cc1noc(C)c1CN1CCNCC1c1cccc(Cl)c1. The number of aryl methyl sites for hydroxylation is 2. The molecule has 0 radical (unpaired) electrons. The van der Waals surface area contributed by atoms with Crippen LogP contribution in [0.15, 0.2) is 28.8 Å². The smallest absolute Gasteiger partial charge is 0.138 e. The van der Waals surface area contributed by atoms with Crippen molar-refractivity contribution in [2.24, 2.45) is 0 Å². The van der Waals surface area contributed by atoms with Crippen molar-refractivity contribution in [1.82, 2.24) is 15.4 Å². The highest BCUT2D eigenvalue weighted by Gasteiger charge is 2.25. The first kappa shape index (κ1) is 14.6. The number of rotatable bonds is 3. The fourth-order valence-corrected chi connectivity index (χ4v) is 3.11. The van der Waals surface area contributed by atoms with Crippen LogP contribution in [0, 0.1) is 13.8 Å². The number of piperazine rings is 1. The van der Waals surface area contributed by atoms with Crippen LogP contribution < -0.4 is 5.32 Å². The second kappa shape index (κ2) is 6.18. The standard InChI is InChI=1S/C16H20ClN3O/c1-11-15(12(2)21-19-11)10-20-7-6-18-9-16(20)13-4-3-5-14(17)8-13/h3-5,8,16,18H,6-7,9-10H2,1-2H3. The normalized spacial score (nSPS) is 19.9. The van der Waals surface area contributed by atoms with Gasteiger partial charge in [-0.25, -0.2) is 0 Å². The maximum atomic E-state index is 6.14. The molecule has 1 aliphatic rings. The first-order chi connectivity index (χ1) is 10.1. The molecule has 2 heterocycles. The molecule has 0 saturated carbocycles. The number of hydrogen-bond acceptors (Lipinski definition) is 4. The number of aromatic nitrogens is 1. The van der Waals surface area contributed by atoms with E-state index in [1.54, 1.807) is 0 Å². The zero-order valence-electron chi connectivity index (χ0n) is 12.4. The Morgan fingerprint density at radius 2 is 2.29 bits per heavy atom. The molecule has 1 aromatic heterocycles. The summed E-state index contributed by atoms with van der Waals surface area (Å²) in [4.78, 5) is 2.47. The van der Waals surface area contributed by atoms with E-state index in [0.29, 0.717) is 6.04 Å². The molecule has 21 heavy (non-hydrogen) atoms. The van der Waals surface area contributed by atoms with Crippen molar-refractivity contribution < 1.29 is 4.52 Å². The summed E-state index contributed by atoms with van der Waals surface area (Å²) in [6.07, 6.45) is 0. The summed E-state index contributed by atoms with van der Waals surface area (Å²) in [5.74, 6) is 0.913. The maximum Gasteiger partial charge on any atom is 0.138 e. The summed E-state index contributed by atoms with van der Waals surface area (Å²) in [6.45, 7) is 7.78. The predicted octanol–water partition coefficient (Wildman–Crippen LogP) is 3.09. The Morgan fingerprint density at radius 1 is 1.43 bits per heavy atom. The van der Waals surface area contributed by atoms with Crippen molar-refractivity contribution in [3.05, 3.63) is 51.9 Å². The molecule has 5 heteroatoms. The van der Waals surface area contributed by atoms with Gasteiger partial charge >= 0.3 is 0 Å². The summed E-state index contributed by atoms with van der Waals surface area (Å²) < 4.78 is 5.28. The number of nitrogens with zero attached hydrogens (tertiary/aromatic N) is 2. The van der Waals surface area contributed by atoms with Crippen molar-refractivity contribution in [2.45, 2.75) is 26.4 Å². The topological polar surface area (TPSA) is 41.3 Å². The van der Waals surface area contributed by atoms with E-state index in [0.717, 1.165) is 42.7 Å². The van der Waals surface area contributed by atoms with Crippen LogP contribution in [0.5, 0.6) is 0 Å². The number of hydrogen-bond donors (Lipinski definition) is 1. The van der Waals surface area contributed by atoms with Crippen LogP contribution in [0.3, 0.4) is 0 Å². The number of benzene rings is 1.